The van der Waals surface area contributed by atoms with Crippen molar-refractivity contribution in [3.05, 3.63) is 0 Å². The molecule has 3 nitrogen and oxygen atoms in total. The van der Waals surface area contributed by atoms with E-state index in [1.807, 2.05) is 11.8 Å². The summed E-state index contributed by atoms with van der Waals surface area (Å²) in [5.41, 5.74) is 0.310. The molecule has 17 heavy (non-hydrogen) atoms. The Morgan fingerprint density at radius 1 is 1.47 bits per heavy atom. The monoisotopic (exact) mass is 255 g/mol. The molecule has 98 valence electrons. The first kappa shape index (κ1) is 13.2. The van der Waals surface area contributed by atoms with Crippen molar-refractivity contribution in [3.8, 4) is 0 Å². The number of nitrogens with one attached hydrogen (secondary N) is 1. The summed E-state index contributed by atoms with van der Waals surface area (Å²) in [6, 6.07) is 0.508. The highest BCUT2D eigenvalue weighted by atomic mass is 32.2. The van der Waals surface area contributed by atoms with E-state index in [2.05, 4.69) is 31.1 Å². The van der Waals surface area contributed by atoms with Gasteiger partial charge >= 0.3 is 0 Å². The predicted octanol–water partition coefficient (Wildman–Crippen LogP) is 2.33. The number of rotatable bonds is 3. The molecule has 1 unspecified atom stereocenters. The van der Waals surface area contributed by atoms with Crippen molar-refractivity contribution in [2.75, 3.05) is 25.9 Å². The highest BCUT2D eigenvalue weighted by Gasteiger charge is 2.34. The highest BCUT2D eigenvalue weighted by Crippen LogP contribution is 2.29. The van der Waals surface area contributed by atoms with Crippen LogP contribution in [0.3, 0.4) is 0 Å². The summed E-state index contributed by atoms with van der Waals surface area (Å²) in [6.07, 6.45) is 4.93. The Morgan fingerprint density at radius 2 is 2.24 bits per heavy atom. The van der Waals surface area contributed by atoms with Gasteiger partial charge in [0, 0.05) is 17.8 Å². The third kappa shape index (κ3) is 3.16. The molecule has 4 heteroatoms. The van der Waals surface area contributed by atoms with Crippen LogP contribution in [0.4, 0.5) is 0 Å². The summed E-state index contributed by atoms with van der Waals surface area (Å²) in [5.74, 6) is 1.18. The van der Waals surface area contributed by atoms with Crippen LogP contribution >= 0.6 is 11.8 Å². The van der Waals surface area contributed by atoms with Crippen LogP contribution in [0.15, 0.2) is 4.99 Å². The third-order valence-corrected chi connectivity index (χ3v) is 5.29. The van der Waals surface area contributed by atoms with Gasteiger partial charge in [-0.25, -0.2) is 0 Å². The molecule has 0 spiro atoms. The van der Waals surface area contributed by atoms with Crippen molar-refractivity contribution >= 4 is 16.9 Å². The van der Waals surface area contributed by atoms with E-state index in [9.17, 15) is 0 Å². The summed E-state index contributed by atoms with van der Waals surface area (Å²) in [7, 11) is 2.20. The Bertz CT molecular complexity index is 286. The molecule has 0 radical (unpaired) electrons. The van der Waals surface area contributed by atoms with Crippen molar-refractivity contribution in [2.24, 2.45) is 4.99 Å². The van der Waals surface area contributed by atoms with Crippen LogP contribution in [0.5, 0.6) is 0 Å². The van der Waals surface area contributed by atoms with Gasteiger partial charge < -0.3 is 10.2 Å². The smallest absolute Gasteiger partial charge is 0.157 e. The molecule has 2 fully saturated rings. The van der Waals surface area contributed by atoms with Crippen molar-refractivity contribution < 1.29 is 0 Å². The molecule has 0 saturated carbocycles. The van der Waals surface area contributed by atoms with Gasteiger partial charge in [-0.05, 0) is 39.3 Å². The lowest BCUT2D eigenvalue weighted by Crippen LogP contribution is -2.43. The van der Waals surface area contributed by atoms with E-state index in [-0.39, 0.29) is 0 Å². The largest absolute Gasteiger partial charge is 0.359 e. The first-order valence-corrected chi connectivity index (χ1v) is 7.83. The summed E-state index contributed by atoms with van der Waals surface area (Å²) < 4.78 is 0. The number of amidine groups is 1. The summed E-state index contributed by atoms with van der Waals surface area (Å²) >= 11 is 1.91. The minimum atomic E-state index is 0.310. The van der Waals surface area contributed by atoms with E-state index in [1.165, 1.54) is 43.1 Å². The van der Waals surface area contributed by atoms with Gasteiger partial charge in [0.15, 0.2) is 5.17 Å². The lowest BCUT2D eigenvalue weighted by atomic mass is 9.96. The third-order valence-electron chi connectivity index (χ3n) is 4.11. The van der Waals surface area contributed by atoms with Crippen LogP contribution in [0.25, 0.3) is 0 Å². The Hall–Kier alpha value is -0.220. The lowest BCUT2D eigenvalue weighted by Gasteiger charge is -2.28. The second kappa shape index (κ2) is 5.61. The number of nitrogens with zero attached hydrogens (tertiary/aromatic N) is 2. The molecule has 2 aliphatic rings. The van der Waals surface area contributed by atoms with E-state index in [0.717, 1.165) is 6.54 Å². The molecule has 0 aromatic heterocycles. The van der Waals surface area contributed by atoms with Crippen molar-refractivity contribution in [3.63, 3.8) is 0 Å². The fourth-order valence-electron chi connectivity index (χ4n) is 2.62. The van der Waals surface area contributed by atoms with Crippen LogP contribution in [0.1, 0.15) is 39.5 Å². The molecule has 1 N–H and O–H groups in total. The summed E-state index contributed by atoms with van der Waals surface area (Å²) in [4.78, 5) is 7.30. The summed E-state index contributed by atoms with van der Waals surface area (Å²) in [5, 5.41) is 4.85. The zero-order chi connectivity index (χ0) is 12.3. The number of hydrogen-bond donors (Lipinski definition) is 1. The van der Waals surface area contributed by atoms with Crippen molar-refractivity contribution in [1.82, 2.24) is 10.2 Å². The van der Waals surface area contributed by atoms with Crippen LogP contribution in [0.2, 0.25) is 0 Å². The Morgan fingerprint density at radius 3 is 2.82 bits per heavy atom. The van der Waals surface area contributed by atoms with Crippen LogP contribution < -0.4 is 5.32 Å². The molecule has 2 heterocycles. The lowest BCUT2D eigenvalue weighted by molar-refractivity contribution is 0.252. The SMILES string of the molecule is CCC1(CC)CSC(=NC2CCCN(C)C2)N1. The van der Waals surface area contributed by atoms with Gasteiger partial charge in [-0.3, -0.25) is 4.99 Å². The molecule has 0 bridgehead atoms. The average molecular weight is 255 g/mol. The van der Waals surface area contributed by atoms with Gasteiger partial charge in [-0.2, -0.15) is 0 Å². The average Bonchev–Trinajstić information content (AvgIpc) is 2.73. The maximum atomic E-state index is 4.90. The first-order valence-electron chi connectivity index (χ1n) is 6.85. The second-order valence-corrected chi connectivity index (χ2v) is 6.36. The van der Waals surface area contributed by atoms with Gasteiger partial charge in [0.05, 0.1) is 6.04 Å². The summed E-state index contributed by atoms with van der Waals surface area (Å²) in [6.45, 7) is 6.90. The molecular weight excluding hydrogens is 230 g/mol. The number of hydrogen-bond acceptors (Lipinski definition) is 3. The molecule has 0 aromatic rings. The Kier molecular flexibility index (Phi) is 4.36. The number of thioether (sulfide) groups is 1. The van der Waals surface area contributed by atoms with E-state index < -0.39 is 0 Å². The number of likely N-dealkylation sites (N-methyl/N-ethyl adjacent to an activating group) is 1. The minimum Gasteiger partial charge on any atom is -0.359 e. The quantitative estimate of drug-likeness (QED) is 0.839. The highest BCUT2D eigenvalue weighted by molar-refractivity contribution is 8.14. The predicted molar refractivity (Wildman–Crippen MR) is 76.9 cm³/mol. The van der Waals surface area contributed by atoms with Gasteiger partial charge in [-0.15, -0.1) is 0 Å². The molecule has 1 atom stereocenters. The molecule has 0 aliphatic carbocycles. The maximum Gasteiger partial charge on any atom is 0.157 e. The zero-order valence-corrected chi connectivity index (χ0v) is 12.1. The number of likely N-dealkylation sites (tertiary alicyclic amines) is 1. The van der Waals surface area contributed by atoms with Gasteiger partial charge in [0.2, 0.25) is 0 Å². The van der Waals surface area contributed by atoms with E-state index >= 15 is 0 Å². The fraction of sp³-hybridized carbons (Fsp3) is 0.923. The fourth-order valence-corrected chi connectivity index (χ4v) is 4.02. The van der Waals surface area contributed by atoms with E-state index in [0.29, 0.717) is 11.6 Å². The second-order valence-electron chi connectivity index (χ2n) is 5.39. The minimum absolute atomic E-state index is 0.310. The zero-order valence-electron chi connectivity index (χ0n) is 11.3. The van der Waals surface area contributed by atoms with E-state index in [1.54, 1.807) is 0 Å². The molecule has 0 amide bonds. The van der Waals surface area contributed by atoms with Gasteiger partial charge in [0.1, 0.15) is 0 Å². The molecule has 0 aromatic carbocycles. The normalized spacial score (nSPS) is 31.7. The molecule has 2 saturated heterocycles. The van der Waals surface area contributed by atoms with Gasteiger partial charge in [0.25, 0.3) is 0 Å². The van der Waals surface area contributed by atoms with Crippen LogP contribution in [-0.2, 0) is 0 Å². The Labute approximate surface area is 109 Å². The van der Waals surface area contributed by atoms with E-state index in [4.69, 9.17) is 4.99 Å². The first-order chi connectivity index (χ1) is 8.17. The number of aliphatic imine (C=N–C) groups is 1. The topological polar surface area (TPSA) is 27.6 Å². The Balaban J connectivity index is 1.95. The van der Waals surface area contributed by atoms with Crippen LogP contribution in [0, 0.1) is 0 Å². The molecule has 2 rings (SSSR count). The standard InChI is InChI=1S/C13H25N3S/c1-4-13(5-2)10-17-12(15-13)14-11-7-6-8-16(3)9-11/h11H,4-10H2,1-3H3,(H,14,15). The molecular formula is C13H25N3S. The van der Waals surface area contributed by atoms with Crippen LogP contribution in [-0.4, -0.2) is 47.5 Å². The maximum absolute atomic E-state index is 4.90. The van der Waals surface area contributed by atoms with Gasteiger partial charge in [-0.1, -0.05) is 25.6 Å². The van der Waals surface area contributed by atoms with Crippen molar-refractivity contribution in [1.29, 1.82) is 0 Å². The molecule has 2 aliphatic heterocycles. The van der Waals surface area contributed by atoms with Crippen molar-refractivity contribution in [2.45, 2.75) is 51.1 Å². The number of piperidine rings is 1.